The molecule has 4 rings (SSSR count). The van der Waals surface area contributed by atoms with Gasteiger partial charge >= 0.3 is 6.09 Å². The number of likely N-dealkylation sites (tertiary alicyclic amines) is 1. The summed E-state index contributed by atoms with van der Waals surface area (Å²) in [7, 11) is 0. The molecule has 2 aliphatic heterocycles. The Kier molecular flexibility index (Phi) is 2.75. The van der Waals surface area contributed by atoms with Crippen molar-refractivity contribution in [3.63, 3.8) is 0 Å². The minimum Gasteiger partial charge on any atom is -0.439 e. The van der Waals surface area contributed by atoms with E-state index in [0.717, 1.165) is 12.8 Å². The Morgan fingerprint density at radius 3 is 2.82 bits per heavy atom. The molecule has 1 aromatic rings. The van der Waals surface area contributed by atoms with Crippen molar-refractivity contribution in [3.05, 3.63) is 27.9 Å². The van der Waals surface area contributed by atoms with E-state index in [1.54, 1.807) is 4.90 Å². The summed E-state index contributed by atoms with van der Waals surface area (Å²) in [5.74, 6) is 0.584. The van der Waals surface area contributed by atoms with Crippen LogP contribution < -0.4 is 10.9 Å². The van der Waals surface area contributed by atoms with E-state index in [2.05, 4.69) is 15.3 Å². The second-order valence-corrected chi connectivity index (χ2v) is 6.20. The second kappa shape index (κ2) is 4.56. The summed E-state index contributed by atoms with van der Waals surface area (Å²) in [5.41, 5.74) is -0.706. The van der Waals surface area contributed by atoms with Gasteiger partial charge in [0, 0.05) is 24.9 Å². The molecule has 0 radical (unpaired) electrons. The number of H-pyrrole nitrogens is 1. The summed E-state index contributed by atoms with van der Waals surface area (Å²) >= 11 is 0. The molecule has 2 saturated heterocycles. The fourth-order valence-corrected chi connectivity index (χ4v) is 2.99. The van der Waals surface area contributed by atoms with Gasteiger partial charge in [-0.15, -0.1) is 0 Å². The SMILES string of the molecule is O=C1NCCC2(CN(C(=O)c3cc(=O)[nH]c(C4CC4)n3)C2)O1. The van der Waals surface area contributed by atoms with Gasteiger partial charge in [0.2, 0.25) is 0 Å². The number of hydrogen-bond acceptors (Lipinski definition) is 5. The van der Waals surface area contributed by atoms with Crippen LogP contribution in [0, 0.1) is 0 Å². The zero-order valence-corrected chi connectivity index (χ0v) is 11.9. The van der Waals surface area contributed by atoms with Crippen molar-refractivity contribution in [1.29, 1.82) is 0 Å². The molecule has 1 aromatic heterocycles. The van der Waals surface area contributed by atoms with Crippen molar-refractivity contribution in [2.45, 2.75) is 30.8 Å². The molecule has 3 heterocycles. The quantitative estimate of drug-likeness (QED) is 0.798. The maximum atomic E-state index is 12.4. The van der Waals surface area contributed by atoms with E-state index >= 15 is 0 Å². The molecule has 3 fully saturated rings. The highest BCUT2D eigenvalue weighted by molar-refractivity contribution is 5.93. The van der Waals surface area contributed by atoms with Gasteiger partial charge in [-0.05, 0) is 12.8 Å². The Morgan fingerprint density at radius 1 is 1.36 bits per heavy atom. The average molecular weight is 304 g/mol. The standard InChI is InChI=1S/C14H16N4O4/c19-10-5-9(16-11(17-10)8-1-2-8)12(20)18-6-14(7-18)3-4-15-13(21)22-14/h5,8H,1-4,6-7H2,(H,15,21)(H,16,17,19). The first-order valence-electron chi connectivity index (χ1n) is 7.42. The zero-order chi connectivity index (χ0) is 15.3. The first-order valence-corrected chi connectivity index (χ1v) is 7.42. The second-order valence-electron chi connectivity index (χ2n) is 6.20. The van der Waals surface area contributed by atoms with Gasteiger partial charge < -0.3 is 19.9 Å². The van der Waals surface area contributed by atoms with E-state index in [1.807, 2.05) is 0 Å². The maximum absolute atomic E-state index is 12.4. The smallest absolute Gasteiger partial charge is 0.407 e. The minimum absolute atomic E-state index is 0.167. The van der Waals surface area contributed by atoms with Crippen LogP contribution in [0.1, 0.15) is 41.5 Å². The third-order valence-corrected chi connectivity index (χ3v) is 4.35. The Hall–Kier alpha value is -2.38. The first kappa shape index (κ1) is 13.3. The van der Waals surface area contributed by atoms with E-state index in [0.29, 0.717) is 31.9 Å². The summed E-state index contributed by atoms with van der Waals surface area (Å²) in [4.78, 5) is 43.9. The molecule has 22 heavy (non-hydrogen) atoms. The van der Waals surface area contributed by atoms with Gasteiger partial charge in [-0.25, -0.2) is 9.78 Å². The van der Waals surface area contributed by atoms with Crippen LogP contribution in [-0.4, -0.2) is 52.1 Å². The van der Waals surface area contributed by atoms with Crippen molar-refractivity contribution in [2.24, 2.45) is 0 Å². The summed E-state index contributed by atoms with van der Waals surface area (Å²) in [5, 5.41) is 2.59. The van der Waals surface area contributed by atoms with E-state index in [1.165, 1.54) is 6.07 Å². The Bertz CT molecular complexity index is 703. The Balaban J connectivity index is 1.49. The van der Waals surface area contributed by atoms with Crippen LogP contribution in [0.5, 0.6) is 0 Å². The van der Waals surface area contributed by atoms with Crippen LogP contribution in [0.4, 0.5) is 4.79 Å². The molecular formula is C14H16N4O4. The van der Waals surface area contributed by atoms with Crippen molar-refractivity contribution < 1.29 is 14.3 Å². The predicted octanol–water partition coefficient (Wildman–Crippen LogP) is -0.0282. The van der Waals surface area contributed by atoms with Crippen molar-refractivity contribution in [2.75, 3.05) is 19.6 Å². The van der Waals surface area contributed by atoms with Crippen molar-refractivity contribution in [1.82, 2.24) is 20.2 Å². The maximum Gasteiger partial charge on any atom is 0.407 e. The van der Waals surface area contributed by atoms with E-state index < -0.39 is 11.7 Å². The molecule has 0 aromatic carbocycles. The molecule has 1 spiro atoms. The van der Waals surface area contributed by atoms with Gasteiger partial charge in [0.05, 0.1) is 13.1 Å². The summed E-state index contributed by atoms with van der Waals surface area (Å²) in [6.45, 7) is 1.26. The normalized spacial score (nSPS) is 22.7. The third kappa shape index (κ3) is 2.24. The van der Waals surface area contributed by atoms with Gasteiger partial charge in [0.15, 0.2) is 5.60 Å². The van der Waals surface area contributed by atoms with Crippen molar-refractivity contribution >= 4 is 12.0 Å². The molecule has 1 aliphatic carbocycles. The number of nitrogens with zero attached hydrogens (tertiary/aromatic N) is 2. The van der Waals surface area contributed by atoms with Gasteiger partial charge in [-0.1, -0.05) is 0 Å². The monoisotopic (exact) mass is 304 g/mol. The van der Waals surface area contributed by atoms with Crippen LogP contribution in [-0.2, 0) is 4.74 Å². The molecular weight excluding hydrogens is 288 g/mol. The Labute approximate surface area is 125 Å². The number of alkyl carbamates (subject to hydrolysis) is 1. The largest absolute Gasteiger partial charge is 0.439 e. The molecule has 2 N–H and O–H groups in total. The number of amides is 2. The van der Waals surface area contributed by atoms with Crippen LogP contribution in [0.25, 0.3) is 0 Å². The summed E-state index contributed by atoms with van der Waals surface area (Å²) in [6, 6.07) is 1.23. The molecule has 1 saturated carbocycles. The number of rotatable bonds is 2. The topological polar surface area (TPSA) is 104 Å². The molecule has 0 unspecified atom stereocenters. The lowest BCUT2D eigenvalue weighted by Gasteiger charge is -2.50. The predicted molar refractivity (Wildman–Crippen MR) is 74.6 cm³/mol. The zero-order valence-electron chi connectivity index (χ0n) is 11.9. The van der Waals surface area contributed by atoms with Crippen LogP contribution in [0.3, 0.4) is 0 Å². The first-order chi connectivity index (χ1) is 10.5. The van der Waals surface area contributed by atoms with Gasteiger partial charge in [0.25, 0.3) is 11.5 Å². The summed E-state index contributed by atoms with van der Waals surface area (Å²) < 4.78 is 5.29. The van der Waals surface area contributed by atoms with Crippen LogP contribution in [0.15, 0.2) is 10.9 Å². The average Bonchev–Trinajstić information content (AvgIpc) is 3.27. The highest BCUT2D eigenvalue weighted by atomic mass is 16.6. The number of aromatic amines is 1. The highest BCUT2D eigenvalue weighted by Crippen LogP contribution is 2.37. The van der Waals surface area contributed by atoms with Crippen molar-refractivity contribution in [3.8, 4) is 0 Å². The highest BCUT2D eigenvalue weighted by Gasteiger charge is 2.50. The number of ether oxygens (including phenoxy) is 1. The van der Waals surface area contributed by atoms with Gasteiger partial charge in [0.1, 0.15) is 11.5 Å². The molecule has 116 valence electrons. The lowest BCUT2D eigenvalue weighted by atomic mass is 9.89. The molecule has 0 bridgehead atoms. The number of carbonyl (C=O) groups is 2. The number of hydrogen-bond donors (Lipinski definition) is 2. The lowest BCUT2D eigenvalue weighted by molar-refractivity contribution is -0.103. The minimum atomic E-state index is -0.571. The fraction of sp³-hybridized carbons (Fsp3) is 0.571. The van der Waals surface area contributed by atoms with E-state index in [9.17, 15) is 14.4 Å². The molecule has 3 aliphatic rings. The Morgan fingerprint density at radius 2 is 2.14 bits per heavy atom. The number of aromatic nitrogens is 2. The molecule has 8 heteroatoms. The molecule has 0 atom stereocenters. The number of nitrogens with one attached hydrogen (secondary N) is 2. The van der Waals surface area contributed by atoms with Gasteiger partial charge in [-0.2, -0.15) is 0 Å². The third-order valence-electron chi connectivity index (χ3n) is 4.35. The number of carbonyl (C=O) groups excluding carboxylic acids is 2. The summed E-state index contributed by atoms with van der Waals surface area (Å²) in [6.07, 6.45) is 2.23. The van der Waals surface area contributed by atoms with Gasteiger partial charge in [-0.3, -0.25) is 9.59 Å². The van der Waals surface area contributed by atoms with E-state index in [-0.39, 0.29) is 23.1 Å². The fourth-order valence-electron chi connectivity index (χ4n) is 2.99. The molecule has 2 amide bonds. The molecule has 8 nitrogen and oxygen atoms in total. The lowest BCUT2D eigenvalue weighted by Crippen LogP contribution is -2.68. The van der Waals surface area contributed by atoms with E-state index in [4.69, 9.17) is 4.74 Å². The van der Waals surface area contributed by atoms with Crippen LogP contribution >= 0.6 is 0 Å². The van der Waals surface area contributed by atoms with Crippen LogP contribution in [0.2, 0.25) is 0 Å².